The Labute approximate surface area is 68.7 Å². The molecule has 12 heavy (non-hydrogen) atoms. The van der Waals surface area contributed by atoms with Gasteiger partial charge in [-0.1, -0.05) is 5.21 Å². The Bertz CT molecular complexity index is 318. The topological polar surface area (TPSA) is 85.8 Å². The summed E-state index contributed by atoms with van der Waals surface area (Å²) in [6.45, 7) is 1.10. The number of fused-ring (bicyclic) bond motifs is 1. The number of nitrogens with two attached hydrogens (primary N) is 1. The minimum Gasteiger partial charge on any atom is -0.349 e. The van der Waals surface area contributed by atoms with Gasteiger partial charge in [0.15, 0.2) is 0 Å². The minimum atomic E-state index is -0.0315. The van der Waals surface area contributed by atoms with E-state index in [0.29, 0.717) is 13.1 Å². The van der Waals surface area contributed by atoms with E-state index in [1.54, 1.807) is 4.68 Å². The first-order chi connectivity index (χ1) is 5.81. The molecule has 1 aromatic rings. The van der Waals surface area contributed by atoms with Gasteiger partial charge in [-0.05, 0) is 0 Å². The standard InChI is InChI=1S/C6H9N5O/c7-1-4-5-2-8-6(12)3-11(5)10-9-4/h1-3,7H2,(H,8,12). The van der Waals surface area contributed by atoms with Crippen LogP contribution in [-0.2, 0) is 24.4 Å². The van der Waals surface area contributed by atoms with E-state index < -0.39 is 0 Å². The fourth-order valence-corrected chi connectivity index (χ4v) is 1.22. The third-order valence-electron chi connectivity index (χ3n) is 1.86. The Morgan fingerprint density at radius 1 is 1.67 bits per heavy atom. The summed E-state index contributed by atoms with van der Waals surface area (Å²) in [6.07, 6.45) is 0. The third kappa shape index (κ3) is 0.964. The summed E-state index contributed by atoms with van der Waals surface area (Å²) in [4.78, 5) is 10.9. The molecule has 1 aliphatic rings. The van der Waals surface area contributed by atoms with E-state index in [0.717, 1.165) is 11.4 Å². The molecular formula is C6H9N5O. The molecule has 0 aromatic carbocycles. The van der Waals surface area contributed by atoms with Crippen LogP contribution in [0.25, 0.3) is 0 Å². The number of carbonyl (C=O) groups is 1. The summed E-state index contributed by atoms with van der Waals surface area (Å²) in [7, 11) is 0. The van der Waals surface area contributed by atoms with Gasteiger partial charge in [-0.25, -0.2) is 4.68 Å². The van der Waals surface area contributed by atoms with Gasteiger partial charge in [-0.15, -0.1) is 5.10 Å². The summed E-state index contributed by atoms with van der Waals surface area (Å²) in [6, 6.07) is 0. The normalized spacial score (nSPS) is 15.6. The molecule has 0 unspecified atom stereocenters. The van der Waals surface area contributed by atoms with Crippen LogP contribution in [0.15, 0.2) is 0 Å². The van der Waals surface area contributed by atoms with Gasteiger partial charge in [0.1, 0.15) is 12.2 Å². The minimum absolute atomic E-state index is 0.0315. The van der Waals surface area contributed by atoms with Gasteiger partial charge in [-0.2, -0.15) is 0 Å². The molecule has 2 heterocycles. The molecule has 0 saturated carbocycles. The molecule has 64 valence electrons. The highest BCUT2D eigenvalue weighted by atomic mass is 16.2. The van der Waals surface area contributed by atoms with Crippen LogP contribution in [0.2, 0.25) is 0 Å². The van der Waals surface area contributed by atoms with Gasteiger partial charge in [0.25, 0.3) is 0 Å². The molecule has 0 aliphatic carbocycles. The first-order valence-electron chi connectivity index (χ1n) is 3.69. The van der Waals surface area contributed by atoms with Crippen LogP contribution in [-0.4, -0.2) is 20.9 Å². The summed E-state index contributed by atoms with van der Waals surface area (Å²) in [5.41, 5.74) is 7.10. The van der Waals surface area contributed by atoms with Crippen LogP contribution in [0, 0.1) is 0 Å². The maximum absolute atomic E-state index is 10.9. The van der Waals surface area contributed by atoms with Crippen molar-refractivity contribution < 1.29 is 4.79 Å². The van der Waals surface area contributed by atoms with Crippen molar-refractivity contribution in [3.05, 3.63) is 11.4 Å². The highest BCUT2D eigenvalue weighted by Crippen LogP contribution is 2.07. The second-order valence-corrected chi connectivity index (χ2v) is 2.62. The van der Waals surface area contributed by atoms with Gasteiger partial charge in [0.05, 0.1) is 12.2 Å². The maximum Gasteiger partial charge on any atom is 0.242 e. The van der Waals surface area contributed by atoms with Crippen molar-refractivity contribution in [3.8, 4) is 0 Å². The number of amides is 1. The highest BCUT2D eigenvalue weighted by Gasteiger charge is 2.18. The third-order valence-corrected chi connectivity index (χ3v) is 1.86. The summed E-state index contributed by atoms with van der Waals surface area (Å²) < 4.78 is 1.58. The molecule has 0 radical (unpaired) electrons. The molecule has 6 heteroatoms. The van der Waals surface area contributed by atoms with E-state index in [9.17, 15) is 4.79 Å². The van der Waals surface area contributed by atoms with Crippen molar-refractivity contribution in [2.24, 2.45) is 5.73 Å². The molecule has 0 atom stereocenters. The molecular weight excluding hydrogens is 158 g/mol. The predicted octanol–water partition coefficient (Wildman–Crippen LogP) is -1.63. The number of hydrogen-bond acceptors (Lipinski definition) is 4. The van der Waals surface area contributed by atoms with Crippen LogP contribution < -0.4 is 11.1 Å². The number of nitrogens with one attached hydrogen (secondary N) is 1. The number of rotatable bonds is 1. The summed E-state index contributed by atoms with van der Waals surface area (Å²) >= 11 is 0. The fraction of sp³-hybridized carbons (Fsp3) is 0.500. The van der Waals surface area contributed by atoms with Gasteiger partial charge < -0.3 is 11.1 Å². The number of nitrogens with zero attached hydrogens (tertiary/aromatic N) is 3. The van der Waals surface area contributed by atoms with Gasteiger partial charge in [0, 0.05) is 6.54 Å². The zero-order valence-corrected chi connectivity index (χ0v) is 6.45. The lowest BCUT2D eigenvalue weighted by molar-refractivity contribution is -0.122. The first-order valence-corrected chi connectivity index (χ1v) is 3.69. The largest absolute Gasteiger partial charge is 0.349 e. The molecule has 0 spiro atoms. The number of aromatic nitrogens is 3. The SMILES string of the molecule is NCc1nnn2c1CNC(=O)C2. The van der Waals surface area contributed by atoms with E-state index >= 15 is 0 Å². The van der Waals surface area contributed by atoms with Gasteiger partial charge >= 0.3 is 0 Å². The Morgan fingerprint density at radius 3 is 3.25 bits per heavy atom. The molecule has 1 amide bonds. The average molecular weight is 167 g/mol. The van der Waals surface area contributed by atoms with Crippen molar-refractivity contribution in [1.82, 2.24) is 20.3 Å². The fourth-order valence-electron chi connectivity index (χ4n) is 1.22. The summed E-state index contributed by atoms with van der Waals surface area (Å²) in [5, 5.41) is 10.4. The van der Waals surface area contributed by atoms with Crippen LogP contribution in [0.4, 0.5) is 0 Å². The van der Waals surface area contributed by atoms with Crippen molar-refractivity contribution in [2.75, 3.05) is 0 Å². The molecule has 0 saturated heterocycles. The van der Waals surface area contributed by atoms with Crippen LogP contribution in [0.3, 0.4) is 0 Å². The van der Waals surface area contributed by atoms with E-state index in [1.807, 2.05) is 0 Å². The molecule has 0 bridgehead atoms. The second-order valence-electron chi connectivity index (χ2n) is 2.62. The summed E-state index contributed by atoms with van der Waals surface area (Å²) in [5.74, 6) is -0.0315. The first kappa shape index (κ1) is 7.23. The molecule has 2 rings (SSSR count). The number of carbonyl (C=O) groups excluding carboxylic acids is 1. The quantitative estimate of drug-likeness (QED) is 0.525. The second kappa shape index (κ2) is 2.56. The van der Waals surface area contributed by atoms with Gasteiger partial charge in [-0.3, -0.25) is 4.79 Å². The van der Waals surface area contributed by atoms with Crippen molar-refractivity contribution in [1.29, 1.82) is 0 Å². The van der Waals surface area contributed by atoms with Gasteiger partial charge in [0.2, 0.25) is 5.91 Å². The lowest BCUT2D eigenvalue weighted by Crippen LogP contribution is -2.34. The van der Waals surface area contributed by atoms with Crippen molar-refractivity contribution in [3.63, 3.8) is 0 Å². The highest BCUT2D eigenvalue weighted by molar-refractivity contribution is 5.76. The smallest absolute Gasteiger partial charge is 0.242 e. The van der Waals surface area contributed by atoms with Crippen LogP contribution in [0.1, 0.15) is 11.4 Å². The average Bonchev–Trinajstić information content (AvgIpc) is 2.46. The molecule has 0 fully saturated rings. The Morgan fingerprint density at radius 2 is 2.50 bits per heavy atom. The lowest BCUT2D eigenvalue weighted by atomic mass is 10.3. The molecule has 3 N–H and O–H groups in total. The number of hydrogen-bond donors (Lipinski definition) is 2. The Hall–Kier alpha value is -1.43. The van der Waals surface area contributed by atoms with E-state index in [2.05, 4.69) is 15.6 Å². The Balaban J connectivity index is 2.38. The Kier molecular flexibility index (Phi) is 1.54. The van der Waals surface area contributed by atoms with Crippen molar-refractivity contribution >= 4 is 5.91 Å². The lowest BCUT2D eigenvalue weighted by Gasteiger charge is -2.13. The molecule has 6 nitrogen and oxygen atoms in total. The molecule has 1 aliphatic heterocycles. The maximum atomic E-state index is 10.9. The monoisotopic (exact) mass is 167 g/mol. The van der Waals surface area contributed by atoms with Crippen LogP contribution in [0.5, 0.6) is 0 Å². The van der Waals surface area contributed by atoms with E-state index in [4.69, 9.17) is 5.73 Å². The predicted molar refractivity (Wildman–Crippen MR) is 39.8 cm³/mol. The zero-order valence-electron chi connectivity index (χ0n) is 6.45. The molecule has 1 aromatic heterocycles. The van der Waals surface area contributed by atoms with Crippen LogP contribution >= 0.6 is 0 Å². The van der Waals surface area contributed by atoms with E-state index in [-0.39, 0.29) is 12.5 Å². The van der Waals surface area contributed by atoms with E-state index in [1.165, 1.54) is 0 Å². The van der Waals surface area contributed by atoms with Crippen molar-refractivity contribution in [2.45, 2.75) is 19.6 Å². The zero-order chi connectivity index (χ0) is 8.55.